The lowest BCUT2D eigenvalue weighted by Gasteiger charge is -2.08. The lowest BCUT2D eigenvalue weighted by molar-refractivity contribution is -0.116. The zero-order valence-corrected chi connectivity index (χ0v) is 15.5. The number of unbranched alkanes of at least 4 members (excludes halogenated alkanes) is 2. The second kappa shape index (κ2) is 9.84. The van der Waals surface area contributed by atoms with E-state index in [1.165, 1.54) is 0 Å². The largest absolute Gasteiger partial charge is 0.397 e. The summed E-state index contributed by atoms with van der Waals surface area (Å²) in [5.41, 5.74) is 7.76. The number of nitrogen functional groups attached to an aromatic ring is 1. The fourth-order valence-corrected chi connectivity index (χ4v) is 2.76. The maximum Gasteiger partial charge on any atom is 0.224 e. The van der Waals surface area contributed by atoms with Crippen molar-refractivity contribution in [1.29, 1.82) is 0 Å². The number of amides is 2. The Kier molecular flexibility index (Phi) is 7.47. The number of rotatable bonds is 8. The molecule has 4 N–H and O–H groups in total. The molecule has 0 saturated heterocycles. The van der Waals surface area contributed by atoms with Gasteiger partial charge in [-0.1, -0.05) is 40.5 Å². The molecule has 132 valence electrons. The van der Waals surface area contributed by atoms with Crippen molar-refractivity contribution in [3.8, 4) is 0 Å². The number of carbonyl (C=O) groups is 2. The molecule has 0 aromatic heterocycles. The fraction of sp³-hybridized carbons (Fsp3) is 0.263. The summed E-state index contributed by atoms with van der Waals surface area (Å²) in [6.45, 7) is 0. The highest BCUT2D eigenvalue weighted by atomic mass is 79.9. The molecule has 2 amide bonds. The molecule has 0 unspecified atom stereocenters. The summed E-state index contributed by atoms with van der Waals surface area (Å²) in [7, 11) is 0. The second-order valence-corrected chi connectivity index (χ2v) is 6.67. The van der Waals surface area contributed by atoms with Gasteiger partial charge >= 0.3 is 0 Å². The van der Waals surface area contributed by atoms with Crippen molar-refractivity contribution in [1.82, 2.24) is 0 Å². The van der Waals surface area contributed by atoms with Crippen LogP contribution in [0.2, 0.25) is 0 Å². The third-order valence-corrected chi connectivity index (χ3v) is 4.14. The molecule has 0 aliphatic carbocycles. The molecule has 5 nitrogen and oxygen atoms in total. The Balaban J connectivity index is 1.60. The maximum atomic E-state index is 11.9. The summed E-state index contributed by atoms with van der Waals surface area (Å²) in [5, 5.41) is 5.66. The predicted octanol–water partition coefficient (Wildman–Crippen LogP) is 4.56. The number of hydrogen-bond donors (Lipinski definition) is 3. The molecule has 6 heteroatoms. The van der Waals surface area contributed by atoms with E-state index in [4.69, 9.17) is 5.73 Å². The molecule has 0 aliphatic heterocycles. The number of hydrogen-bond acceptors (Lipinski definition) is 3. The van der Waals surface area contributed by atoms with Gasteiger partial charge in [-0.25, -0.2) is 0 Å². The summed E-state index contributed by atoms with van der Waals surface area (Å²) in [6, 6.07) is 14.7. The van der Waals surface area contributed by atoms with Gasteiger partial charge in [-0.15, -0.1) is 0 Å². The Morgan fingerprint density at radius 1 is 0.880 bits per heavy atom. The van der Waals surface area contributed by atoms with Crippen molar-refractivity contribution >= 4 is 44.8 Å². The second-order valence-electron chi connectivity index (χ2n) is 5.75. The summed E-state index contributed by atoms with van der Waals surface area (Å²) < 4.78 is 0.926. The Morgan fingerprint density at radius 3 is 2.24 bits per heavy atom. The van der Waals surface area contributed by atoms with E-state index in [0.717, 1.165) is 29.4 Å². The van der Waals surface area contributed by atoms with Gasteiger partial charge in [0.1, 0.15) is 0 Å². The number of nitrogens with two attached hydrogens (primary N) is 1. The monoisotopic (exact) mass is 403 g/mol. The van der Waals surface area contributed by atoms with Crippen molar-refractivity contribution in [2.75, 3.05) is 16.4 Å². The zero-order valence-electron chi connectivity index (χ0n) is 13.9. The van der Waals surface area contributed by atoms with Gasteiger partial charge in [0.15, 0.2) is 0 Å². The summed E-state index contributed by atoms with van der Waals surface area (Å²) in [5.74, 6) is -0.0731. The molecule has 2 aromatic carbocycles. The van der Waals surface area contributed by atoms with Crippen molar-refractivity contribution in [2.45, 2.75) is 32.1 Å². The van der Waals surface area contributed by atoms with Crippen molar-refractivity contribution in [3.63, 3.8) is 0 Å². The zero-order chi connectivity index (χ0) is 18.1. The maximum absolute atomic E-state index is 11.9. The SMILES string of the molecule is Nc1ccccc1NC(=O)CCCCCC(=O)Nc1cccc(Br)c1. The molecular formula is C19H22BrN3O2. The minimum Gasteiger partial charge on any atom is -0.397 e. The van der Waals surface area contributed by atoms with Crippen LogP contribution in [-0.4, -0.2) is 11.8 Å². The first kappa shape index (κ1) is 19.0. The van der Waals surface area contributed by atoms with Crippen LogP contribution in [0.4, 0.5) is 17.1 Å². The summed E-state index contributed by atoms with van der Waals surface area (Å²) >= 11 is 3.37. The average molecular weight is 404 g/mol. The highest BCUT2D eigenvalue weighted by Crippen LogP contribution is 2.18. The topological polar surface area (TPSA) is 84.2 Å². The minimum absolute atomic E-state index is 0.0142. The van der Waals surface area contributed by atoms with Gasteiger partial charge in [0.05, 0.1) is 11.4 Å². The van der Waals surface area contributed by atoms with E-state index in [-0.39, 0.29) is 11.8 Å². The summed E-state index contributed by atoms with van der Waals surface area (Å²) in [6.07, 6.45) is 3.17. The predicted molar refractivity (Wildman–Crippen MR) is 105 cm³/mol. The molecule has 0 aliphatic rings. The molecule has 2 aromatic rings. The van der Waals surface area contributed by atoms with E-state index in [2.05, 4.69) is 26.6 Å². The molecule has 0 spiro atoms. The van der Waals surface area contributed by atoms with Crippen LogP contribution in [0.5, 0.6) is 0 Å². The number of carbonyl (C=O) groups excluding carboxylic acids is 2. The number of benzene rings is 2. The fourth-order valence-electron chi connectivity index (χ4n) is 2.36. The minimum atomic E-state index is -0.0588. The molecule has 25 heavy (non-hydrogen) atoms. The number of halogens is 1. The van der Waals surface area contributed by atoms with E-state index < -0.39 is 0 Å². The first-order chi connectivity index (χ1) is 12.0. The molecule has 0 bridgehead atoms. The van der Waals surface area contributed by atoms with E-state index in [0.29, 0.717) is 24.2 Å². The number of nitrogens with one attached hydrogen (secondary N) is 2. The standard InChI is InChI=1S/C19H22BrN3O2/c20-14-7-6-8-15(13-14)22-18(24)11-2-1-3-12-19(25)23-17-10-5-4-9-16(17)21/h4-10,13H,1-3,11-12,21H2,(H,22,24)(H,23,25). The van der Waals surface area contributed by atoms with Crippen LogP contribution >= 0.6 is 15.9 Å². The Labute approximate surface area is 156 Å². The molecule has 0 radical (unpaired) electrons. The number of para-hydroxylation sites is 2. The lowest BCUT2D eigenvalue weighted by atomic mass is 10.1. The molecule has 0 fully saturated rings. The van der Waals surface area contributed by atoms with E-state index in [1.807, 2.05) is 36.4 Å². The third-order valence-electron chi connectivity index (χ3n) is 3.65. The van der Waals surface area contributed by atoms with Gasteiger partial charge in [0, 0.05) is 23.0 Å². The van der Waals surface area contributed by atoms with Gasteiger partial charge in [0.25, 0.3) is 0 Å². The molecule has 0 saturated carbocycles. The molecule has 0 heterocycles. The van der Waals surface area contributed by atoms with Crippen molar-refractivity contribution in [3.05, 3.63) is 53.0 Å². The Hall–Kier alpha value is -2.34. The highest BCUT2D eigenvalue weighted by Gasteiger charge is 2.06. The van der Waals surface area contributed by atoms with Gasteiger partial charge in [0.2, 0.25) is 11.8 Å². The molecule has 0 atom stereocenters. The van der Waals surface area contributed by atoms with Gasteiger partial charge in [-0.3, -0.25) is 9.59 Å². The van der Waals surface area contributed by atoms with Crippen molar-refractivity contribution in [2.24, 2.45) is 0 Å². The van der Waals surface area contributed by atoms with Crippen LogP contribution in [-0.2, 0) is 9.59 Å². The average Bonchev–Trinajstić information content (AvgIpc) is 2.56. The Morgan fingerprint density at radius 2 is 1.56 bits per heavy atom. The highest BCUT2D eigenvalue weighted by molar-refractivity contribution is 9.10. The lowest BCUT2D eigenvalue weighted by Crippen LogP contribution is -2.13. The van der Waals surface area contributed by atoms with Crippen LogP contribution in [0.1, 0.15) is 32.1 Å². The first-order valence-corrected chi connectivity index (χ1v) is 9.03. The van der Waals surface area contributed by atoms with E-state index >= 15 is 0 Å². The summed E-state index contributed by atoms with van der Waals surface area (Å²) in [4.78, 5) is 23.8. The third kappa shape index (κ3) is 6.97. The smallest absolute Gasteiger partial charge is 0.224 e. The van der Waals surface area contributed by atoms with Crippen LogP contribution in [0, 0.1) is 0 Å². The quantitative estimate of drug-likeness (QED) is 0.446. The molecular weight excluding hydrogens is 382 g/mol. The van der Waals surface area contributed by atoms with Crippen LogP contribution in [0.3, 0.4) is 0 Å². The van der Waals surface area contributed by atoms with Gasteiger partial charge in [-0.2, -0.15) is 0 Å². The van der Waals surface area contributed by atoms with E-state index in [1.54, 1.807) is 12.1 Å². The number of anilines is 3. The first-order valence-electron chi connectivity index (χ1n) is 8.24. The van der Waals surface area contributed by atoms with E-state index in [9.17, 15) is 9.59 Å². The van der Waals surface area contributed by atoms with Crippen LogP contribution < -0.4 is 16.4 Å². The van der Waals surface area contributed by atoms with Crippen molar-refractivity contribution < 1.29 is 9.59 Å². The Bertz CT molecular complexity index is 734. The van der Waals surface area contributed by atoms with Crippen LogP contribution in [0.25, 0.3) is 0 Å². The molecule has 2 rings (SSSR count). The van der Waals surface area contributed by atoms with Gasteiger partial charge < -0.3 is 16.4 Å². The van der Waals surface area contributed by atoms with Crippen LogP contribution in [0.15, 0.2) is 53.0 Å². The normalized spacial score (nSPS) is 10.3. The van der Waals surface area contributed by atoms with Gasteiger partial charge in [-0.05, 0) is 43.2 Å².